The third kappa shape index (κ3) is 4.09. The minimum Gasteiger partial charge on any atom is -0.0642 e. The van der Waals surface area contributed by atoms with E-state index in [0.717, 1.165) is 21.4 Å². The third-order valence-corrected chi connectivity index (χ3v) is 12.2. The first-order valence-electron chi connectivity index (χ1n) is 9.39. The van der Waals surface area contributed by atoms with E-state index in [1.807, 2.05) is 0 Å². The van der Waals surface area contributed by atoms with Gasteiger partial charge in [-0.3, -0.25) is 0 Å². The van der Waals surface area contributed by atoms with Crippen molar-refractivity contribution in [2.45, 2.75) is 51.9 Å². The van der Waals surface area contributed by atoms with E-state index < -0.39 is 8.07 Å². The molecule has 0 unspecified atom stereocenters. The van der Waals surface area contributed by atoms with Gasteiger partial charge >= 0.3 is 0 Å². The second-order valence-corrected chi connectivity index (χ2v) is 14.0. The average molecular weight is 351 g/mol. The van der Waals surface area contributed by atoms with Crippen molar-refractivity contribution >= 4 is 28.0 Å². The van der Waals surface area contributed by atoms with Crippen molar-refractivity contribution in [3.8, 4) is 0 Å². The fourth-order valence-electron chi connectivity index (χ4n) is 4.53. The summed E-state index contributed by atoms with van der Waals surface area (Å²) in [6.07, 6.45) is 0. The van der Waals surface area contributed by atoms with E-state index in [-0.39, 0.29) is 0 Å². The van der Waals surface area contributed by atoms with Crippen LogP contribution in [0.15, 0.2) is 48.5 Å². The Morgan fingerprint density at radius 3 is 2.25 bits per heavy atom. The maximum absolute atomic E-state index is 2.58. The fraction of sp³-hybridized carbons (Fsp3) is 0.455. The highest BCUT2D eigenvalue weighted by atomic mass is 28.3. The van der Waals surface area contributed by atoms with Crippen molar-refractivity contribution in [2.24, 2.45) is 11.8 Å². The van der Waals surface area contributed by atoms with Crippen molar-refractivity contribution in [1.82, 2.24) is 0 Å². The lowest BCUT2D eigenvalue weighted by atomic mass is 10.2. The first-order chi connectivity index (χ1) is 11.5. The Hall–Kier alpha value is -1.13. The highest BCUT2D eigenvalue weighted by Crippen LogP contribution is 2.29. The largest absolute Gasteiger partial charge is 0.0915 e. The van der Waals surface area contributed by atoms with Gasteiger partial charge in [-0.1, -0.05) is 110 Å². The molecule has 4 bridgehead atoms. The Bertz CT molecular complexity index is 678. The number of benzene rings is 2. The van der Waals surface area contributed by atoms with Crippen LogP contribution in [0.2, 0.25) is 12.1 Å². The second-order valence-electron chi connectivity index (χ2n) is 8.41. The molecule has 2 heteroatoms. The van der Waals surface area contributed by atoms with Crippen molar-refractivity contribution < 1.29 is 0 Å². The highest BCUT2D eigenvalue weighted by molar-refractivity contribution is 6.91. The van der Waals surface area contributed by atoms with Gasteiger partial charge in [-0.15, -0.1) is 0 Å². The monoisotopic (exact) mass is 350 g/mol. The Labute approximate surface area is 151 Å². The minimum absolute atomic E-state index is 0.771. The molecule has 1 heterocycles. The topological polar surface area (TPSA) is 0 Å². The van der Waals surface area contributed by atoms with Crippen LogP contribution in [0.5, 0.6) is 0 Å². The van der Waals surface area contributed by atoms with Gasteiger partial charge in [0.2, 0.25) is 0 Å². The Balaban J connectivity index is 2.14. The Morgan fingerprint density at radius 2 is 1.54 bits per heavy atom. The number of hydrogen-bond acceptors (Lipinski definition) is 0. The molecule has 0 aliphatic carbocycles. The zero-order valence-corrected chi connectivity index (χ0v) is 17.6. The molecular formula is C22H30Si2. The lowest BCUT2D eigenvalue weighted by Gasteiger charge is -2.36. The minimum atomic E-state index is -1.55. The van der Waals surface area contributed by atoms with E-state index in [1.165, 1.54) is 29.7 Å². The van der Waals surface area contributed by atoms with E-state index in [0.29, 0.717) is 0 Å². The van der Waals surface area contributed by atoms with Crippen LogP contribution in [-0.2, 0) is 12.1 Å². The van der Waals surface area contributed by atoms with Crippen LogP contribution in [0, 0.1) is 11.8 Å². The first-order valence-corrected chi connectivity index (χ1v) is 13.2. The highest BCUT2D eigenvalue weighted by Gasteiger charge is 2.37. The van der Waals surface area contributed by atoms with Gasteiger partial charge in [0.25, 0.3) is 0 Å². The van der Waals surface area contributed by atoms with Crippen LogP contribution in [-0.4, -0.2) is 17.6 Å². The Kier molecular flexibility index (Phi) is 5.46. The molecule has 0 N–H and O–H groups in total. The van der Waals surface area contributed by atoms with Crippen LogP contribution >= 0.6 is 0 Å². The number of hydrogen-bond donors (Lipinski definition) is 0. The molecule has 0 saturated heterocycles. The van der Waals surface area contributed by atoms with Crippen molar-refractivity contribution in [1.29, 1.82) is 0 Å². The average Bonchev–Trinajstić information content (AvgIpc) is 2.51. The molecule has 1 aliphatic rings. The smallest absolute Gasteiger partial charge is 0.0642 e. The van der Waals surface area contributed by atoms with Crippen molar-refractivity contribution in [2.75, 3.05) is 0 Å². The van der Waals surface area contributed by atoms with Crippen LogP contribution in [0.4, 0.5) is 0 Å². The molecule has 3 rings (SSSR count). The predicted molar refractivity (Wildman–Crippen MR) is 110 cm³/mol. The molecule has 0 atom stereocenters. The molecule has 126 valence electrons. The summed E-state index contributed by atoms with van der Waals surface area (Å²) in [5, 5.41) is 3.27. The van der Waals surface area contributed by atoms with E-state index in [9.17, 15) is 0 Å². The molecule has 0 aromatic heterocycles. The summed E-state index contributed by atoms with van der Waals surface area (Å²) in [6, 6.07) is 24.5. The fourth-order valence-corrected chi connectivity index (χ4v) is 11.9. The zero-order chi connectivity index (χ0) is 17.2. The first kappa shape index (κ1) is 17.7. The van der Waals surface area contributed by atoms with Crippen molar-refractivity contribution in [3.63, 3.8) is 0 Å². The summed E-state index contributed by atoms with van der Waals surface area (Å²) in [6.45, 7) is 9.65. The predicted octanol–water partition coefficient (Wildman–Crippen LogP) is 4.28. The van der Waals surface area contributed by atoms with E-state index in [2.05, 4.69) is 76.2 Å². The van der Waals surface area contributed by atoms with E-state index in [1.54, 1.807) is 15.9 Å². The SMILES string of the molecule is CC(C)C[Si]1(CC(C)C)Cc2cccc(c2)C[Si]c2cccc1c2. The van der Waals surface area contributed by atoms with E-state index >= 15 is 0 Å². The van der Waals surface area contributed by atoms with Gasteiger partial charge in [0.15, 0.2) is 0 Å². The summed E-state index contributed by atoms with van der Waals surface area (Å²) in [4.78, 5) is 0. The van der Waals surface area contributed by atoms with Gasteiger partial charge in [-0.2, -0.15) is 0 Å². The standard InChI is InChI=1S/C22H30Si2/c1-17(2)14-24(15-18(3)4)16-20-8-5-7-19(11-20)13-23-21-9-6-10-22(24)12-21/h5-12,17-18H,13-16H2,1-4H3. The molecule has 0 fully saturated rings. The molecule has 2 aromatic rings. The summed E-state index contributed by atoms with van der Waals surface area (Å²) in [7, 11) is -0.656. The number of fused-ring (bicyclic) bond motifs is 4. The molecular weight excluding hydrogens is 320 g/mol. The summed E-state index contributed by atoms with van der Waals surface area (Å²) in [5.74, 6) is 1.54. The molecule has 0 saturated carbocycles. The second kappa shape index (κ2) is 7.41. The zero-order valence-electron chi connectivity index (χ0n) is 15.6. The lowest BCUT2D eigenvalue weighted by Crippen LogP contribution is -2.53. The molecule has 2 radical (unpaired) electrons. The molecule has 0 spiro atoms. The molecule has 24 heavy (non-hydrogen) atoms. The van der Waals surface area contributed by atoms with Gasteiger partial charge in [0, 0.05) is 0 Å². The summed E-state index contributed by atoms with van der Waals surface area (Å²) in [5.41, 5.74) is 3.10. The maximum Gasteiger partial charge on any atom is 0.0915 e. The van der Waals surface area contributed by atoms with Gasteiger partial charge in [0.05, 0.1) is 17.6 Å². The normalized spacial score (nSPS) is 16.4. The molecule has 0 amide bonds. The van der Waals surface area contributed by atoms with Gasteiger partial charge in [-0.25, -0.2) is 0 Å². The third-order valence-electron chi connectivity index (χ3n) is 5.10. The van der Waals surface area contributed by atoms with Crippen LogP contribution in [0.25, 0.3) is 0 Å². The quantitative estimate of drug-likeness (QED) is 0.722. The Morgan fingerprint density at radius 1 is 0.875 bits per heavy atom. The number of rotatable bonds is 4. The van der Waals surface area contributed by atoms with Crippen molar-refractivity contribution in [3.05, 3.63) is 59.7 Å². The van der Waals surface area contributed by atoms with Gasteiger partial charge in [0.1, 0.15) is 0 Å². The van der Waals surface area contributed by atoms with Crippen LogP contribution in [0.1, 0.15) is 38.8 Å². The lowest BCUT2D eigenvalue weighted by molar-refractivity contribution is 0.679. The summed E-state index contributed by atoms with van der Waals surface area (Å²) < 4.78 is 0. The van der Waals surface area contributed by atoms with E-state index in [4.69, 9.17) is 0 Å². The molecule has 2 aromatic carbocycles. The summed E-state index contributed by atoms with van der Waals surface area (Å²) >= 11 is 0. The van der Waals surface area contributed by atoms with Crippen LogP contribution < -0.4 is 10.4 Å². The van der Waals surface area contributed by atoms with Gasteiger partial charge in [-0.05, 0) is 23.9 Å². The molecule has 1 aliphatic heterocycles. The molecule has 0 nitrogen and oxygen atoms in total. The van der Waals surface area contributed by atoms with Gasteiger partial charge < -0.3 is 0 Å². The maximum atomic E-state index is 2.58. The van der Waals surface area contributed by atoms with Crippen LogP contribution in [0.3, 0.4) is 0 Å².